The first-order valence-electron chi connectivity index (χ1n) is 10.2. The molecule has 1 atom stereocenters. The van der Waals surface area contributed by atoms with E-state index in [9.17, 15) is 14.8 Å². The molecule has 1 aromatic heterocycles. The Labute approximate surface area is 172 Å². The van der Waals surface area contributed by atoms with Crippen LogP contribution in [-0.2, 0) is 17.8 Å². The van der Waals surface area contributed by atoms with Gasteiger partial charge in [0.15, 0.2) is 0 Å². The fourth-order valence-electron chi connectivity index (χ4n) is 3.41. The number of amides is 1. The summed E-state index contributed by atoms with van der Waals surface area (Å²) >= 11 is 0. The first-order chi connectivity index (χ1) is 14.0. The molecule has 1 unspecified atom stereocenters. The van der Waals surface area contributed by atoms with Crippen molar-refractivity contribution in [2.75, 3.05) is 18.4 Å². The summed E-state index contributed by atoms with van der Waals surface area (Å²) in [4.78, 5) is 25.7. The summed E-state index contributed by atoms with van der Waals surface area (Å²) in [6.07, 6.45) is 3.07. The molecule has 0 bridgehead atoms. The number of carbonyl (C=O) groups is 1. The second-order valence-electron chi connectivity index (χ2n) is 7.19. The van der Waals surface area contributed by atoms with Gasteiger partial charge in [0, 0.05) is 37.3 Å². The lowest BCUT2D eigenvalue weighted by Crippen LogP contribution is -2.38. The summed E-state index contributed by atoms with van der Waals surface area (Å²) in [5.74, 6) is -0.0845. The zero-order valence-corrected chi connectivity index (χ0v) is 17.3. The fraction of sp³-hybridized carbons (Fsp3) is 0.455. The number of benzene rings is 1. The number of nitrogens with one attached hydrogen (secondary N) is 1. The molecule has 0 radical (unpaired) electrons. The maximum atomic E-state index is 11.7. The number of hydrogen-bond donors (Lipinski definition) is 3. The van der Waals surface area contributed by atoms with Crippen LogP contribution in [0.15, 0.2) is 47.3 Å². The zero-order valence-electron chi connectivity index (χ0n) is 17.3. The third-order valence-corrected chi connectivity index (χ3v) is 4.95. The summed E-state index contributed by atoms with van der Waals surface area (Å²) in [5, 5.41) is 12.9. The van der Waals surface area contributed by atoms with Gasteiger partial charge in [-0.25, -0.2) is 0 Å². The summed E-state index contributed by atoms with van der Waals surface area (Å²) in [5.41, 5.74) is 7.51. The van der Waals surface area contributed by atoms with Crippen molar-refractivity contribution in [1.82, 2.24) is 9.63 Å². The van der Waals surface area contributed by atoms with Gasteiger partial charge in [-0.3, -0.25) is 14.5 Å². The van der Waals surface area contributed by atoms with Crippen LogP contribution in [0.3, 0.4) is 0 Å². The van der Waals surface area contributed by atoms with Gasteiger partial charge in [0.1, 0.15) is 0 Å². The molecule has 2 rings (SSSR count). The van der Waals surface area contributed by atoms with E-state index in [2.05, 4.69) is 24.1 Å². The highest BCUT2D eigenvalue weighted by atomic mass is 16.5. The van der Waals surface area contributed by atoms with Gasteiger partial charge in [0.25, 0.3) is 5.56 Å². The van der Waals surface area contributed by atoms with Crippen molar-refractivity contribution in [1.29, 1.82) is 0 Å². The standard InChI is InChI=1S/C22H32N4O3/c1-3-14-25(16-20-6-5-7-22(28)26(20)29)19(4-2)15-17-8-10-18(11-9-17)24-21(27)12-13-23/h5-11,19,29H,3-4,12-16,23H2,1-2H3,(H,24,27). The molecule has 0 fully saturated rings. The van der Waals surface area contributed by atoms with Crippen molar-refractivity contribution < 1.29 is 10.0 Å². The van der Waals surface area contributed by atoms with Crippen LogP contribution in [0.1, 0.15) is 44.4 Å². The Morgan fingerprint density at radius 2 is 1.93 bits per heavy atom. The third-order valence-electron chi connectivity index (χ3n) is 4.95. The summed E-state index contributed by atoms with van der Waals surface area (Å²) in [6.45, 7) is 5.97. The molecule has 0 aliphatic carbocycles. The van der Waals surface area contributed by atoms with Crippen molar-refractivity contribution in [3.8, 4) is 0 Å². The minimum Gasteiger partial charge on any atom is -0.425 e. The van der Waals surface area contributed by atoms with Crippen molar-refractivity contribution in [2.45, 2.75) is 52.1 Å². The van der Waals surface area contributed by atoms with Crippen LogP contribution in [-0.4, -0.2) is 39.9 Å². The van der Waals surface area contributed by atoms with Gasteiger partial charge in [-0.1, -0.05) is 32.0 Å². The number of nitrogens with zero attached hydrogens (tertiary/aromatic N) is 2. The maximum absolute atomic E-state index is 11.7. The maximum Gasteiger partial charge on any atom is 0.283 e. The minimum absolute atomic E-state index is 0.0845. The van der Waals surface area contributed by atoms with E-state index >= 15 is 0 Å². The first-order valence-corrected chi connectivity index (χ1v) is 10.2. The quantitative estimate of drug-likeness (QED) is 0.504. The molecule has 0 saturated carbocycles. The minimum atomic E-state index is -0.417. The monoisotopic (exact) mass is 400 g/mol. The first kappa shape index (κ1) is 22.6. The van der Waals surface area contributed by atoms with Gasteiger partial charge in [-0.2, -0.15) is 4.73 Å². The number of rotatable bonds is 11. The average molecular weight is 401 g/mol. The van der Waals surface area contributed by atoms with E-state index in [-0.39, 0.29) is 11.9 Å². The number of pyridine rings is 1. The summed E-state index contributed by atoms with van der Waals surface area (Å²) in [6, 6.07) is 12.9. The van der Waals surface area contributed by atoms with Crippen LogP contribution >= 0.6 is 0 Å². The van der Waals surface area contributed by atoms with Crippen LogP contribution in [0.2, 0.25) is 0 Å². The second-order valence-corrected chi connectivity index (χ2v) is 7.19. The van der Waals surface area contributed by atoms with Crippen LogP contribution in [0.25, 0.3) is 0 Å². The lowest BCUT2D eigenvalue weighted by molar-refractivity contribution is -0.116. The normalized spacial score (nSPS) is 12.1. The Hall–Kier alpha value is -2.64. The van der Waals surface area contributed by atoms with E-state index < -0.39 is 5.56 Å². The van der Waals surface area contributed by atoms with Gasteiger partial charge >= 0.3 is 0 Å². The predicted molar refractivity (Wildman–Crippen MR) is 115 cm³/mol. The Kier molecular flexibility index (Phi) is 8.89. The van der Waals surface area contributed by atoms with Gasteiger partial charge in [0.05, 0.1) is 5.69 Å². The zero-order chi connectivity index (χ0) is 21.2. The number of anilines is 1. The van der Waals surface area contributed by atoms with Crippen LogP contribution in [0, 0.1) is 0 Å². The van der Waals surface area contributed by atoms with E-state index in [0.29, 0.717) is 25.2 Å². The van der Waals surface area contributed by atoms with Crippen molar-refractivity contribution in [3.05, 3.63) is 64.1 Å². The molecule has 7 heteroatoms. The van der Waals surface area contributed by atoms with Gasteiger partial charge in [-0.05, 0) is 49.6 Å². The smallest absolute Gasteiger partial charge is 0.283 e. The highest BCUT2D eigenvalue weighted by Gasteiger charge is 2.19. The molecular weight excluding hydrogens is 368 g/mol. The molecule has 158 valence electrons. The highest BCUT2D eigenvalue weighted by molar-refractivity contribution is 5.90. The molecule has 1 aromatic carbocycles. The lowest BCUT2D eigenvalue weighted by Gasteiger charge is -2.31. The molecule has 29 heavy (non-hydrogen) atoms. The average Bonchev–Trinajstić information content (AvgIpc) is 2.70. The summed E-state index contributed by atoms with van der Waals surface area (Å²) < 4.78 is 0.730. The van der Waals surface area contributed by atoms with Crippen LogP contribution < -0.4 is 16.6 Å². The molecule has 2 aromatic rings. The van der Waals surface area contributed by atoms with E-state index in [0.717, 1.165) is 36.2 Å². The van der Waals surface area contributed by atoms with E-state index in [1.807, 2.05) is 24.3 Å². The molecule has 0 aliphatic rings. The van der Waals surface area contributed by atoms with E-state index in [4.69, 9.17) is 5.73 Å². The molecule has 0 spiro atoms. The molecule has 4 N–H and O–H groups in total. The van der Waals surface area contributed by atoms with E-state index in [1.54, 1.807) is 12.1 Å². The Morgan fingerprint density at radius 1 is 1.21 bits per heavy atom. The number of nitrogens with two attached hydrogens (primary N) is 1. The lowest BCUT2D eigenvalue weighted by atomic mass is 10.0. The number of aromatic nitrogens is 1. The van der Waals surface area contributed by atoms with Gasteiger partial charge in [-0.15, -0.1) is 0 Å². The largest absolute Gasteiger partial charge is 0.425 e. The predicted octanol–water partition coefficient (Wildman–Crippen LogP) is 2.61. The number of carbonyl (C=O) groups excluding carboxylic acids is 1. The van der Waals surface area contributed by atoms with Crippen molar-refractivity contribution in [2.24, 2.45) is 5.73 Å². The Morgan fingerprint density at radius 3 is 2.55 bits per heavy atom. The Bertz CT molecular complexity index is 833. The molecule has 1 heterocycles. The second kappa shape index (κ2) is 11.4. The molecule has 0 saturated heterocycles. The van der Waals surface area contributed by atoms with Crippen molar-refractivity contribution >= 4 is 11.6 Å². The SMILES string of the molecule is CCCN(Cc1cccc(=O)n1O)C(CC)Cc1ccc(NC(=O)CCN)cc1. The Balaban J connectivity index is 2.09. The topological polar surface area (TPSA) is 101 Å². The van der Waals surface area contributed by atoms with Crippen LogP contribution in [0.5, 0.6) is 0 Å². The molecule has 1 amide bonds. The van der Waals surface area contributed by atoms with Gasteiger partial charge < -0.3 is 16.3 Å². The highest BCUT2D eigenvalue weighted by Crippen LogP contribution is 2.18. The molecule has 0 aliphatic heterocycles. The van der Waals surface area contributed by atoms with Crippen LogP contribution in [0.4, 0.5) is 5.69 Å². The molecule has 7 nitrogen and oxygen atoms in total. The summed E-state index contributed by atoms with van der Waals surface area (Å²) in [7, 11) is 0. The van der Waals surface area contributed by atoms with E-state index in [1.165, 1.54) is 11.6 Å². The van der Waals surface area contributed by atoms with Gasteiger partial charge in [0.2, 0.25) is 5.91 Å². The van der Waals surface area contributed by atoms with Crippen molar-refractivity contribution in [3.63, 3.8) is 0 Å². The third kappa shape index (κ3) is 6.73. The fourth-order valence-corrected chi connectivity index (χ4v) is 3.41. The number of hydrogen-bond acceptors (Lipinski definition) is 5. The molecular formula is C22H32N4O3.